The molecule has 13 heavy (non-hydrogen) atoms. The largest absolute Gasteiger partial charge is 0.491 e. The lowest BCUT2D eigenvalue weighted by molar-refractivity contribution is 0.201. The van der Waals surface area contributed by atoms with Crippen molar-refractivity contribution in [3.05, 3.63) is 24.3 Å². The lowest BCUT2D eigenvalue weighted by Gasteiger charge is -2.07. The number of benzene rings is 1. The summed E-state index contributed by atoms with van der Waals surface area (Å²) in [6.07, 6.45) is 0. The minimum Gasteiger partial charge on any atom is -0.491 e. The molecule has 0 unspecified atom stereocenters. The minimum absolute atomic E-state index is 0.0471. The Morgan fingerprint density at radius 1 is 1.46 bits per heavy atom. The molecule has 0 aromatic heterocycles. The molecular weight excluding hydrogens is 166 g/mol. The van der Waals surface area contributed by atoms with E-state index in [1.165, 1.54) is 0 Å². The number of rotatable bonds is 5. The maximum absolute atomic E-state index is 8.56. The fraction of sp³-hybridized carbons (Fsp3) is 0.400. The summed E-state index contributed by atoms with van der Waals surface area (Å²) in [4.78, 5) is 0. The molecule has 0 fully saturated rings. The van der Waals surface area contributed by atoms with E-state index in [9.17, 15) is 0 Å². The Hall–Kier alpha value is -1.22. The number of nitrogens with one attached hydrogen (secondary N) is 1. The van der Waals surface area contributed by atoms with E-state index in [4.69, 9.17) is 9.84 Å². The van der Waals surface area contributed by atoms with Crippen LogP contribution in [-0.2, 0) is 0 Å². The Morgan fingerprint density at radius 2 is 2.31 bits per heavy atom. The normalized spacial score (nSPS) is 9.69. The Labute approximate surface area is 78.3 Å². The van der Waals surface area contributed by atoms with Gasteiger partial charge in [-0.15, -0.1) is 0 Å². The van der Waals surface area contributed by atoms with Crippen LogP contribution in [0.1, 0.15) is 6.92 Å². The molecule has 0 saturated carbocycles. The summed E-state index contributed by atoms with van der Waals surface area (Å²) in [6.45, 7) is 3.33. The summed E-state index contributed by atoms with van der Waals surface area (Å²) >= 11 is 0. The molecule has 0 heterocycles. The molecule has 72 valence electrons. The lowest BCUT2D eigenvalue weighted by Crippen LogP contribution is -2.02. The standard InChI is InChI=1S/C10H15NO2/c1-2-11-9-4-3-5-10(8-9)13-7-6-12/h3-5,8,11-12H,2,6-7H2,1H3. The van der Waals surface area contributed by atoms with Crippen LogP contribution in [0.25, 0.3) is 0 Å². The molecular formula is C10H15NO2. The molecule has 0 aliphatic rings. The molecule has 3 nitrogen and oxygen atoms in total. The van der Waals surface area contributed by atoms with Crippen molar-refractivity contribution in [3.63, 3.8) is 0 Å². The van der Waals surface area contributed by atoms with Gasteiger partial charge in [-0.3, -0.25) is 0 Å². The monoisotopic (exact) mass is 181 g/mol. The van der Waals surface area contributed by atoms with Crippen molar-refractivity contribution < 1.29 is 9.84 Å². The molecule has 3 heteroatoms. The van der Waals surface area contributed by atoms with Crippen LogP contribution in [0, 0.1) is 0 Å². The summed E-state index contributed by atoms with van der Waals surface area (Å²) in [5, 5.41) is 11.7. The molecule has 0 amide bonds. The Bertz CT molecular complexity index is 250. The van der Waals surface area contributed by atoms with Gasteiger partial charge in [0.25, 0.3) is 0 Å². The van der Waals surface area contributed by atoms with Crippen molar-refractivity contribution in [2.45, 2.75) is 6.92 Å². The van der Waals surface area contributed by atoms with Crippen molar-refractivity contribution in [1.82, 2.24) is 0 Å². The number of hydrogen-bond acceptors (Lipinski definition) is 3. The van der Waals surface area contributed by atoms with Crippen molar-refractivity contribution in [2.75, 3.05) is 25.1 Å². The van der Waals surface area contributed by atoms with Gasteiger partial charge in [-0.1, -0.05) is 6.07 Å². The van der Waals surface area contributed by atoms with Crippen LogP contribution >= 0.6 is 0 Å². The highest BCUT2D eigenvalue weighted by Crippen LogP contribution is 2.16. The first-order valence-electron chi connectivity index (χ1n) is 4.44. The predicted molar refractivity (Wildman–Crippen MR) is 53.2 cm³/mol. The first kappa shape index (κ1) is 9.86. The number of aliphatic hydroxyl groups is 1. The first-order valence-corrected chi connectivity index (χ1v) is 4.44. The van der Waals surface area contributed by atoms with E-state index in [2.05, 4.69) is 5.32 Å². The fourth-order valence-electron chi connectivity index (χ4n) is 1.06. The lowest BCUT2D eigenvalue weighted by atomic mass is 10.3. The zero-order valence-electron chi connectivity index (χ0n) is 7.79. The number of hydrogen-bond donors (Lipinski definition) is 2. The van der Waals surface area contributed by atoms with Crippen LogP contribution in [0.2, 0.25) is 0 Å². The second-order valence-corrected chi connectivity index (χ2v) is 2.63. The van der Waals surface area contributed by atoms with Gasteiger partial charge in [0, 0.05) is 18.3 Å². The highest BCUT2D eigenvalue weighted by atomic mass is 16.5. The Morgan fingerprint density at radius 3 is 3.00 bits per heavy atom. The van der Waals surface area contributed by atoms with E-state index >= 15 is 0 Å². The zero-order chi connectivity index (χ0) is 9.52. The molecule has 1 rings (SSSR count). The average Bonchev–Trinajstić information content (AvgIpc) is 2.16. The second kappa shape index (κ2) is 5.43. The number of ether oxygens (including phenoxy) is 1. The summed E-state index contributed by atoms with van der Waals surface area (Å²) in [5.74, 6) is 0.785. The van der Waals surface area contributed by atoms with Gasteiger partial charge in [0.2, 0.25) is 0 Å². The first-order chi connectivity index (χ1) is 6.36. The molecule has 0 radical (unpaired) electrons. The average molecular weight is 181 g/mol. The van der Waals surface area contributed by atoms with Crippen LogP contribution < -0.4 is 10.1 Å². The van der Waals surface area contributed by atoms with E-state index in [1.807, 2.05) is 31.2 Å². The summed E-state index contributed by atoms with van der Waals surface area (Å²) in [5.41, 5.74) is 1.04. The minimum atomic E-state index is 0.0471. The van der Waals surface area contributed by atoms with Crippen LogP contribution in [-0.4, -0.2) is 24.9 Å². The molecule has 2 N–H and O–H groups in total. The van der Waals surface area contributed by atoms with Crippen molar-refractivity contribution in [2.24, 2.45) is 0 Å². The van der Waals surface area contributed by atoms with Gasteiger partial charge < -0.3 is 15.2 Å². The van der Waals surface area contributed by atoms with Crippen LogP contribution in [0.3, 0.4) is 0 Å². The van der Waals surface area contributed by atoms with E-state index < -0.39 is 0 Å². The maximum Gasteiger partial charge on any atom is 0.121 e. The third-order valence-electron chi connectivity index (χ3n) is 1.57. The molecule has 1 aromatic rings. The molecule has 0 aliphatic carbocycles. The predicted octanol–water partition coefficient (Wildman–Crippen LogP) is 1.49. The van der Waals surface area contributed by atoms with Gasteiger partial charge in [0.1, 0.15) is 12.4 Å². The highest BCUT2D eigenvalue weighted by Gasteiger charge is 1.94. The molecule has 0 bridgehead atoms. The molecule has 0 atom stereocenters. The van der Waals surface area contributed by atoms with Crippen molar-refractivity contribution in [1.29, 1.82) is 0 Å². The Kier molecular flexibility index (Phi) is 4.12. The molecule has 0 aliphatic heterocycles. The van der Waals surface area contributed by atoms with Crippen LogP contribution in [0.4, 0.5) is 5.69 Å². The quantitative estimate of drug-likeness (QED) is 0.723. The molecule has 0 spiro atoms. The van der Waals surface area contributed by atoms with Gasteiger partial charge in [-0.2, -0.15) is 0 Å². The molecule has 0 saturated heterocycles. The summed E-state index contributed by atoms with van der Waals surface area (Å²) < 4.78 is 5.25. The zero-order valence-corrected chi connectivity index (χ0v) is 7.79. The van der Waals surface area contributed by atoms with Gasteiger partial charge >= 0.3 is 0 Å². The molecule has 1 aromatic carbocycles. The van der Waals surface area contributed by atoms with Gasteiger partial charge in [0.05, 0.1) is 6.61 Å². The fourth-order valence-corrected chi connectivity index (χ4v) is 1.06. The van der Waals surface area contributed by atoms with E-state index in [1.54, 1.807) is 0 Å². The van der Waals surface area contributed by atoms with Gasteiger partial charge in [0.15, 0.2) is 0 Å². The van der Waals surface area contributed by atoms with E-state index in [0.29, 0.717) is 6.61 Å². The third-order valence-corrected chi connectivity index (χ3v) is 1.57. The summed E-state index contributed by atoms with van der Waals surface area (Å²) in [6, 6.07) is 7.69. The van der Waals surface area contributed by atoms with Crippen LogP contribution in [0.15, 0.2) is 24.3 Å². The SMILES string of the molecule is CCNc1cccc(OCCO)c1. The Balaban J connectivity index is 2.56. The number of aliphatic hydroxyl groups excluding tert-OH is 1. The smallest absolute Gasteiger partial charge is 0.121 e. The highest BCUT2D eigenvalue weighted by molar-refractivity contribution is 5.47. The van der Waals surface area contributed by atoms with Gasteiger partial charge in [-0.25, -0.2) is 0 Å². The third kappa shape index (κ3) is 3.34. The number of anilines is 1. The van der Waals surface area contributed by atoms with Crippen LogP contribution in [0.5, 0.6) is 5.75 Å². The topological polar surface area (TPSA) is 41.5 Å². The van der Waals surface area contributed by atoms with E-state index in [-0.39, 0.29) is 6.61 Å². The summed E-state index contributed by atoms with van der Waals surface area (Å²) in [7, 11) is 0. The second-order valence-electron chi connectivity index (χ2n) is 2.63. The maximum atomic E-state index is 8.56. The van der Waals surface area contributed by atoms with E-state index in [0.717, 1.165) is 18.0 Å². The van der Waals surface area contributed by atoms with Crippen molar-refractivity contribution in [3.8, 4) is 5.75 Å². The van der Waals surface area contributed by atoms with Crippen molar-refractivity contribution >= 4 is 5.69 Å². The van der Waals surface area contributed by atoms with Gasteiger partial charge in [-0.05, 0) is 19.1 Å².